The number of ether oxygens (including phenoxy) is 3. The standard InChI is InChI=1S/C77H130O6/c1-4-7-10-13-16-19-22-25-27-29-31-33-35-37-38-40-41-43-45-47-49-52-55-58-61-64-67-70-76(79)82-73-74(72-81-75(78)69-66-63-60-57-54-51-24-21-18-15-12-9-6-3)83-77(80)71-68-65-62-59-56-53-50-48-46-44-42-39-36-34-32-30-28-26-23-20-17-14-11-8-5-2/h8-9,11-12,17-18,20-21,26,28,32,34,39,42,46,48,51,53-54,56,74H,4-7,10,13-16,19,22-25,27,29-31,33,35-38,40-41,43-45,47,49-50,52,55,57-73H2,1-3H3/b11-8-,12-9-,20-17-,21-18-,28-26-,34-32-,42-39-,48-46-,54-51-,56-53-. The van der Waals surface area contributed by atoms with Gasteiger partial charge >= 0.3 is 17.9 Å². The monoisotopic (exact) mass is 1150 g/mol. The zero-order valence-corrected chi connectivity index (χ0v) is 54.4. The molecular weight excluding hydrogens is 1020 g/mol. The van der Waals surface area contributed by atoms with E-state index in [4.69, 9.17) is 14.2 Å². The van der Waals surface area contributed by atoms with E-state index < -0.39 is 6.10 Å². The summed E-state index contributed by atoms with van der Waals surface area (Å²) in [6.07, 6.45) is 98.1. The lowest BCUT2D eigenvalue weighted by atomic mass is 10.0. The minimum absolute atomic E-state index is 0.101. The van der Waals surface area contributed by atoms with E-state index in [-0.39, 0.29) is 37.5 Å². The Hall–Kier alpha value is -4.19. The van der Waals surface area contributed by atoms with Crippen molar-refractivity contribution in [1.29, 1.82) is 0 Å². The molecule has 0 amide bonds. The number of rotatable bonds is 63. The zero-order valence-electron chi connectivity index (χ0n) is 54.4. The van der Waals surface area contributed by atoms with Gasteiger partial charge in [-0.2, -0.15) is 0 Å². The lowest BCUT2D eigenvalue weighted by molar-refractivity contribution is -0.167. The highest BCUT2D eigenvalue weighted by molar-refractivity contribution is 5.71. The molecule has 0 aromatic carbocycles. The van der Waals surface area contributed by atoms with Crippen LogP contribution in [-0.4, -0.2) is 37.2 Å². The van der Waals surface area contributed by atoms with Crippen molar-refractivity contribution >= 4 is 17.9 Å². The molecule has 0 aliphatic rings. The van der Waals surface area contributed by atoms with Gasteiger partial charge in [-0.25, -0.2) is 0 Å². The van der Waals surface area contributed by atoms with Crippen molar-refractivity contribution in [3.8, 4) is 0 Å². The van der Waals surface area contributed by atoms with Crippen molar-refractivity contribution in [3.05, 3.63) is 122 Å². The average Bonchev–Trinajstić information content (AvgIpc) is 3.49. The number of carbonyl (C=O) groups is 3. The molecule has 1 atom stereocenters. The number of unbranched alkanes of at least 4 members (excludes halogenated alkanes) is 32. The first-order valence-electron chi connectivity index (χ1n) is 35.0. The van der Waals surface area contributed by atoms with Crippen molar-refractivity contribution < 1.29 is 28.6 Å². The Bertz CT molecular complexity index is 1700. The second-order valence-corrected chi connectivity index (χ2v) is 23.0. The summed E-state index contributed by atoms with van der Waals surface area (Å²) in [6, 6.07) is 0. The van der Waals surface area contributed by atoms with Gasteiger partial charge in [0.25, 0.3) is 0 Å². The molecule has 0 bridgehead atoms. The molecule has 0 spiro atoms. The molecule has 0 aromatic heterocycles. The molecule has 0 aliphatic carbocycles. The molecule has 0 saturated heterocycles. The molecule has 0 fully saturated rings. The molecule has 0 aliphatic heterocycles. The maximum absolute atomic E-state index is 12.9. The summed E-state index contributed by atoms with van der Waals surface area (Å²) in [5.74, 6) is -0.956. The van der Waals surface area contributed by atoms with E-state index >= 15 is 0 Å². The van der Waals surface area contributed by atoms with E-state index in [1.807, 2.05) is 0 Å². The van der Waals surface area contributed by atoms with Crippen LogP contribution in [0.4, 0.5) is 0 Å². The van der Waals surface area contributed by atoms with Crippen LogP contribution in [0, 0.1) is 0 Å². The average molecular weight is 1150 g/mol. The highest BCUT2D eigenvalue weighted by Crippen LogP contribution is 2.17. The molecule has 0 rings (SSSR count). The molecule has 474 valence electrons. The van der Waals surface area contributed by atoms with Gasteiger partial charge in [0.15, 0.2) is 6.10 Å². The third kappa shape index (κ3) is 68.5. The maximum Gasteiger partial charge on any atom is 0.306 e. The van der Waals surface area contributed by atoms with Crippen molar-refractivity contribution in [2.75, 3.05) is 13.2 Å². The number of hydrogen-bond acceptors (Lipinski definition) is 6. The fourth-order valence-corrected chi connectivity index (χ4v) is 9.79. The fourth-order valence-electron chi connectivity index (χ4n) is 9.79. The summed E-state index contributed by atoms with van der Waals surface area (Å²) >= 11 is 0. The Morgan fingerprint density at radius 2 is 0.470 bits per heavy atom. The third-order valence-electron chi connectivity index (χ3n) is 15.0. The van der Waals surface area contributed by atoms with E-state index in [1.54, 1.807) is 0 Å². The van der Waals surface area contributed by atoms with Gasteiger partial charge in [0, 0.05) is 19.3 Å². The minimum Gasteiger partial charge on any atom is -0.462 e. The Kier molecular flexibility index (Phi) is 66.7. The van der Waals surface area contributed by atoms with Crippen LogP contribution in [0.5, 0.6) is 0 Å². The Morgan fingerprint density at radius 1 is 0.253 bits per heavy atom. The summed E-state index contributed by atoms with van der Waals surface area (Å²) in [5, 5.41) is 0. The lowest BCUT2D eigenvalue weighted by Crippen LogP contribution is -2.30. The van der Waals surface area contributed by atoms with Crippen LogP contribution in [-0.2, 0) is 28.6 Å². The first-order valence-corrected chi connectivity index (χ1v) is 35.0. The van der Waals surface area contributed by atoms with Crippen LogP contribution in [0.3, 0.4) is 0 Å². The van der Waals surface area contributed by atoms with Crippen LogP contribution in [0.25, 0.3) is 0 Å². The van der Waals surface area contributed by atoms with Gasteiger partial charge in [0.1, 0.15) is 13.2 Å². The summed E-state index contributed by atoms with van der Waals surface area (Å²) in [6.45, 7) is 6.39. The topological polar surface area (TPSA) is 78.9 Å². The molecular formula is C77H130O6. The predicted molar refractivity (Wildman–Crippen MR) is 362 cm³/mol. The zero-order chi connectivity index (χ0) is 59.9. The van der Waals surface area contributed by atoms with Gasteiger partial charge in [0.2, 0.25) is 0 Å². The van der Waals surface area contributed by atoms with Crippen LogP contribution < -0.4 is 0 Å². The molecule has 0 saturated carbocycles. The van der Waals surface area contributed by atoms with Gasteiger partial charge in [-0.05, 0) is 109 Å². The maximum atomic E-state index is 12.9. The van der Waals surface area contributed by atoms with Gasteiger partial charge in [-0.3, -0.25) is 14.4 Å². The highest BCUT2D eigenvalue weighted by atomic mass is 16.6. The van der Waals surface area contributed by atoms with Crippen molar-refractivity contribution in [2.45, 2.75) is 335 Å². The Balaban J connectivity index is 4.35. The molecule has 6 heteroatoms. The second kappa shape index (κ2) is 70.3. The van der Waals surface area contributed by atoms with E-state index in [0.717, 1.165) is 128 Å². The Labute approximate surface area is 513 Å². The van der Waals surface area contributed by atoms with Gasteiger partial charge in [-0.15, -0.1) is 0 Å². The SMILES string of the molecule is CC/C=C\C/C=C\C/C=C\C/C=C\C/C=C\C/C=C\C/C=C\CCCCCC(=O)OC(COC(=O)CCCCC/C=C\C/C=C\C/C=C\CC)COC(=O)CCCCCCCCCCCCCCCCCCCCCCCCCCCCC. The van der Waals surface area contributed by atoms with Crippen LogP contribution in [0.2, 0.25) is 0 Å². The largest absolute Gasteiger partial charge is 0.462 e. The van der Waals surface area contributed by atoms with E-state index in [2.05, 4.69) is 142 Å². The van der Waals surface area contributed by atoms with E-state index in [9.17, 15) is 14.4 Å². The van der Waals surface area contributed by atoms with E-state index in [1.165, 1.54) is 154 Å². The smallest absolute Gasteiger partial charge is 0.306 e. The van der Waals surface area contributed by atoms with Crippen LogP contribution in [0.1, 0.15) is 329 Å². The predicted octanol–water partition coefficient (Wildman–Crippen LogP) is 24.3. The number of allylic oxidation sites excluding steroid dienone is 20. The number of hydrogen-bond donors (Lipinski definition) is 0. The normalized spacial score (nSPS) is 12.9. The molecule has 6 nitrogen and oxygen atoms in total. The van der Waals surface area contributed by atoms with Crippen molar-refractivity contribution in [1.82, 2.24) is 0 Å². The number of esters is 3. The summed E-state index contributed by atoms with van der Waals surface area (Å²) in [5.41, 5.74) is 0. The quantitative estimate of drug-likeness (QED) is 0.0261. The second-order valence-electron chi connectivity index (χ2n) is 23.0. The summed E-state index contributed by atoms with van der Waals surface area (Å²) < 4.78 is 16.9. The first-order chi connectivity index (χ1) is 41.0. The van der Waals surface area contributed by atoms with Gasteiger partial charge in [0.05, 0.1) is 0 Å². The minimum atomic E-state index is -0.812. The molecule has 83 heavy (non-hydrogen) atoms. The number of carbonyl (C=O) groups excluding carboxylic acids is 3. The van der Waals surface area contributed by atoms with Crippen molar-refractivity contribution in [2.24, 2.45) is 0 Å². The van der Waals surface area contributed by atoms with Crippen molar-refractivity contribution in [3.63, 3.8) is 0 Å². The van der Waals surface area contributed by atoms with Crippen LogP contribution in [0.15, 0.2) is 122 Å². The van der Waals surface area contributed by atoms with Gasteiger partial charge in [-0.1, -0.05) is 322 Å². The lowest BCUT2D eigenvalue weighted by Gasteiger charge is -2.18. The molecule has 1 unspecified atom stereocenters. The van der Waals surface area contributed by atoms with Crippen LogP contribution >= 0.6 is 0 Å². The first kappa shape index (κ1) is 78.8. The summed E-state index contributed by atoms with van der Waals surface area (Å²) in [7, 11) is 0. The van der Waals surface area contributed by atoms with E-state index in [0.29, 0.717) is 19.3 Å². The summed E-state index contributed by atoms with van der Waals surface area (Å²) in [4.78, 5) is 38.4. The van der Waals surface area contributed by atoms with Gasteiger partial charge < -0.3 is 14.2 Å². The third-order valence-corrected chi connectivity index (χ3v) is 15.0. The molecule has 0 aromatic rings. The fraction of sp³-hybridized carbons (Fsp3) is 0.701. The molecule has 0 radical (unpaired) electrons. The Morgan fingerprint density at radius 3 is 0.735 bits per heavy atom. The highest BCUT2D eigenvalue weighted by Gasteiger charge is 2.19. The molecule has 0 heterocycles. The molecule has 0 N–H and O–H groups in total.